The van der Waals surface area contributed by atoms with E-state index in [9.17, 15) is 19.8 Å². The first kappa shape index (κ1) is 39.8. The van der Waals surface area contributed by atoms with E-state index in [1.807, 2.05) is 43.3 Å². The highest BCUT2D eigenvalue weighted by Gasteiger charge is 2.23. The van der Waals surface area contributed by atoms with Gasteiger partial charge < -0.3 is 44.7 Å². The molecule has 0 fully saturated rings. The molecular formula is C40H42ClN3O10. The summed E-state index contributed by atoms with van der Waals surface area (Å²) >= 11 is 6.73. The number of hydrogen-bond donors (Lipinski definition) is 5. The van der Waals surface area contributed by atoms with E-state index in [0.29, 0.717) is 65.3 Å². The maximum Gasteiger partial charge on any atom is 0.306 e. The number of hydrogen-bond acceptors (Lipinski definition) is 10. The molecule has 0 aliphatic carbocycles. The first-order valence-electron chi connectivity index (χ1n) is 17.4. The van der Waals surface area contributed by atoms with Crippen molar-refractivity contribution < 1.29 is 49.0 Å². The lowest BCUT2D eigenvalue weighted by molar-refractivity contribution is -0.140. The van der Waals surface area contributed by atoms with Crippen LogP contribution in [0.3, 0.4) is 0 Å². The van der Waals surface area contributed by atoms with Crippen molar-refractivity contribution in [2.24, 2.45) is 0 Å². The van der Waals surface area contributed by atoms with Crippen molar-refractivity contribution in [3.63, 3.8) is 0 Å². The van der Waals surface area contributed by atoms with Gasteiger partial charge in [-0.1, -0.05) is 35.9 Å². The standard InChI is InChI=1S/C40H42ClN3O10/c1-24-28(6-4-8-33(24)26-9-10-35-38(13-26)54-32(23-53-35)20-44-19-31(46)15-40(49)50)22-52-37-16-36(51-21-25-11-29(42-2)18-43-17-25)27(12-34(37)41)5-3-7-30(45)14-39(47)48/h4,6,8-13,16-18,30-32,44-46H,3,5,7,14-15,19-23H2,1H3,(H,47,48)(H,49,50)/t30-,31+,32?/m1/s1. The van der Waals surface area contributed by atoms with Gasteiger partial charge in [-0.3, -0.25) is 14.6 Å². The lowest BCUT2D eigenvalue weighted by Gasteiger charge is -2.27. The lowest BCUT2D eigenvalue weighted by atomic mass is 9.96. The molecular weight excluding hydrogens is 718 g/mol. The van der Waals surface area contributed by atoms with E-state index in [-0.39, 0.29) is 45.1 Å². The quantitative estimate of drug-likeness (QED) is 0.0690. The number of carboxylic acids is 2. The molecule has 0 amide bonds. The molecule has 1 aliphatic heterocycles. The molecule has 3 aromatic carbocycles. The van der Waals surface area contributed by atoms with Gasteiger partial charge >= 0.3 is 11.9 Å². The number of aryl methyl sites for hydroxylation is 1. The van der Waals surface area contributed by atoms with Gasteiger partial charge in [0.25, 0.3) is 0 Å². The van der Waals surface area contributed by atoms with Gasteiger partial charge in [0.2, 0.25) is 5.69 Å². The molecule has 14 heteroatoms. The third-order valence-corrected chi connectivity index (χ3v) is 9.07. The van der Waals surface area contributed by atoms with Crippen LogP contribution in [0.1, 0.15) is 47.9 Å². The van der Waals surface area contributed by atoms with E-state index in [4.69, 9.17) is 47.3 Å². The topological polar surface area (TPSA) is 181 Å². The molecule has 1 aliphatic rings. The molecule has 4 aromatic rings. The molecule has 13 nitrogen and oxygen atoms in total. The van der Waals surface area contributed by atoms with Crippen molar-refractivity contribution in [1.29, 1.82) is 0 Å². The molecule has 54 heavy (non-hydrogen) atoms. The van der Waals surface area contributed by atoms with Gasteiger partial charge in [0.1, 0.15) is 37.4 Å². The number of aromatic nitrogens is 1. The van der Waals surface area contributed by atoms with Crippen LogP contribution in [-0.4, -0.2) is 75.4 Å². The maximum atomic E-state index is 11.0. The van der Waals surface area contributed by atoms with Crippen LogP contribution in [0.25, 0.3) is 16.0 Å². The van der Waals surface area contributed by atoms with Crippen molar-refractivity contribution in [1.82, 2.24) is 10.3 Å². The molecule has 0 saturated carbocycles. The maximum absolute atomic E-state index is 11.0. The molecule has 1 unspecified atom stereocenters. The third-order valence-electron chi connectivity index (χ3n) is 8.78. The van der Waals surface area contributed by atoms with Gasteiger partial charge in [0.15, 0.2) is 11.5 Å². The highest BCUT2D eigenvalue weighted by atomic mass is 35.5. The van der Waals surface area contributed by atoms with Gasteiger partial charge in [0.05, 0.1) is 36.6 Å². The van der Waals surface area contributed by atoms with Crippen LogP contribution in [0.5, 0.6) is 23.0 Å². The van der Waals surface area contributed by atoms with E-state index < -0.39 is 24.1 Å². The van der Waals surface area contributed by atoms with Crippen molar-refractivity contribution in [2.75, 3.05) is 19.7 Å². The largest absolute Gasteiger partial charge is 0.488 e. The highest BCUT2D eigenvalue weighted by molar-refractivity contribution is 6.32. The Labute approximate surface area is 317 Å². The summed E-state index contributed by atoms with van der Waals surface area (Å²) in [6.45, 7) is 10.4. The smallest absolute Gasteiger partial charge is 0.306 e. The van der Waals surface area contributed by atoms with E-state index in [2.05, 4.69) is 15.1 Å². The van der Waals surface area contributed by atoms with Crippen LogP contribution in [0.4, 0.5) is 5.69 Å². The zero-order chi connectivity index (χ0) is 38.6. The number of benzene rings is 3. The number of nitrogens with one attached hydrogen (secondary N) is 1. The number of pyridine rings is 1. The van der Waals surface area contributed by atoms with Crippen LogP contribution in [-0.2, 0) is 29.2 Å². The first-order valence-corrected chi connectivity index (χ1v) is 17.8. The van der Waals surface area contributed by atoms with Crippen molar-refractivity contribution >= 4 is 29.2 Å². The van der Waals surface area contributed by atoms with Crippen molar-refractivity contribution in [3.05, 3.63) is 106 Å². The van der Waals surface area contributed by atoms with E-state index in [1.54, 1.807) is 24.4 Å². The minimum absolute atomic E-state index is 0.119. The minimum Gasteiger partial charge on any atom is -0.488 e. The molecule has 1 aromatic heterocycles. The molecule has 0 radical (unpaired) electrons. The average molecular weight is 760 g/mol. The van der Waals surface area contributed by atoms with Crippen LogP contribution < -0.4 is 24.3 Å². The zero-order valence-corrected chi connectivity index (χ0v) is 30.4. The lowest BCUT2D eigenvalue weighted by Crippen LogP contribution is -2.41. The number of aliphatic carboxylic acids is 2. The van der Waals surface area contributed by atoms with Gasteiger partial charge in [0, 0.05) is 31.5 Å². The Hall–Kier alpha value is -5.39. The van der Waals surface area contributed by atoms with Crippen LogP contribution in [0.2, 0.25) is 5.02 Å². The van der Waals surface area contributed by atoms with Gasteiger partial charge in [-0.2, -0.15) is 0 Å². The molecule has 0 bridgehead atoms. The van der Waals surface area contributed by atoms with Gasteiger partial charge in [-0.25, -0.2) is 4.85 Å². The molecule has 284 valence electrons. The molecule has 0 saturated heterocycles. The minimum atomic E-state index is -1.07. The average Bonchev–Trinajstić information content (AvgIpc) is 3.13. The van der Waals surface area contributed by atoms with Gasteiger partial charge in [-0.15, -0.1) is 0 Å². The number of halogens is 1. The Morgan fingerprint density at radius 3 is 2.54 bits per heavy atom. The Kier molecular flexibility index (Phi) is 14.1. The highest BCUT2D eigenvalue weighted by Crippen LogP contribution is 2.38. The Morgan fingerprint density at radius 1 is 0.981 bits per heavy atom. The van der Waals surface area contributed by atoms with Crippen LogP contribution in [0, 0.1) is 13.5 Å². The Balaban J connectivity index is 1.28. The second-order valence-electron chi connectivity index (χ2n) is 13.0. The number of ether oxygens (including phenoxy) is 4. The Bertz CT molecular complexity index is 1980. The zero-order valence-electron chi connectivity index (χ0n) is 29.7. The summed E-state index contributed by atoms with van der Waals surface area (Å²) in [7, 11) is 0. The normalized spacial score (nSPS) is 14.5. The van der Waals surface area contributed by atoms with Crippen LogP contribution in [0.15, 0.2) is 67.0 Å². The van der Waals surface area contributed by atoms with E-state index in [1.165, 1.54) is 6.20 Å². The fourth-order valence-corrected chi connectivity index (χ4v) is 6.24. The fraction of sp³-hybridized carbons (Fsp3) is 0.350. The summed E-state index contributed by atoms with van der Waals surface area (Å²) in [6, 6.07) is 16.8. The predicted molar refractivity (Wildman–Crippen MR) is 199 cm³/mol. The number of carbonyl (C=O) groups is 2. The monoisotopic (exact) mass is 759 g/mol. The summed E-state index contributed by atoms with van der Waals surface area (Å²) in [4.78, 5) is 29.3. The second kappa shape index (κ2) is 19.1. The molecule has 0 spiro atoms. The molecule has 2 heterocycles. The van der Waals surface area contributed by atoms with Crippen molar-refractivity contribution in [3.8, 4) is 34.1 Å². The Morgan fingerprint density at radius 2 is 1.76 bits per heavy atom. The summed E-state index contributed by atoms with van der Waals surface area (Å²) in [5.74, 6) is -0.0446. The summed E-state index contributed by atoms with van der Waals surface area (Å²) in [5.41, 5.74) is 5.63. The number of nitrogens with zero attached hydrogens (tertiary/aromatic N) is 2. The summed E-state index contributed by atoms with van der Waals surface area (Å²) in [6.07, 6.45) is 1.37. The van der Waals surface area contributed by atoms with Crippen LogP contribution >= 0.6 is 11.6 Å². The summed E-state index contributed by atoms with van der Waals surface area (Å²) < 4.78 is 24.6. The SMILES string of the molecule is [C-]#[N+]c1cncc(COc2cc(OCc3cccc(-c4ccc5c(c4)OC(CNC[C@@H](O)CC(=O)O)CO5)c3C)c(Cl)cc2CCC[C@@H](O)CC(=O)O)c1. The third kappa shape index (κ3) is 11.3. The summed E-state index contributed by atoms with van der Waals surface area (Å²) in [5, 5.41) is 41.1. The first-order chi connectivity index (χ1) is 26.0. The second-order valence-corrected chi connectivity index (χ2v) is 13.4. The molecule has 5 rings (SSSR count). The number of carboxylic acid groups (broad SMARTS) is 2. The van der Waals surface area contributed by atoms with Gasteiger partial charge in [-0.05, 0) is 83.8 Å². The number of aliphatic hydroxyl groups excluding tert-OH is 2. The van der Waals surface area contributed by atoms with Crippen molar-refractivity contribution in [2.45, 2.75) is 70.6 Å². The predicted octanol–water partition coefficient (Wildman–Crippen LogP) is 6.14. The van der Waals surface area contributed by atoms with E-state index in [0.717, 1.165) is 27.8 Å². The number of fused-ring (bicyclic) bond motifs is 1. The fourth-order valence-electron chi connectivity index (χ4n) is 6.00. The van der Waals surface area contributed by atoms with E-state index >= 15 is 0 Å². The number of aliphatic hydroxyl groups is 2. The molecule has 3 atom stereocenters. The number of rotatable bonds is 19. The molecule has 5 N–H and O–H groups in total.